The largest absolute Gasteiger partial charge is 0.416 e. The van der Waals surface area contributed by atoms with Crippen molar-refractivity contribution < 1.29 is 13.2 Å². The van der Waals surface area contributed by atoms with Gasteiger partial charge in [-0.2, -0.15) is 13.2 Å². The number of nitrogens with zero attached hydrogens (tertiary/aromatic N) is 1. The molecule has 0 fully saturated rings. The first-order chi connectivity index (χ1) is 6.47. The van der Waals surface area contributed by atoms with E-state index in [4.69, 9.17) is 5.73 Å². The van der Waals surface area contributed by atoms with Crippen LogP contribution in [0.5, 0.6) is 0 Å². The maximum atomic E-state index is 12.3. The molecule has 0 saturated carbocycles. The maximum absolute atomic E-state index is 12.3. The maximum Gasteiger partial charge on any atom is 0.416 e. The first kappa shape index (κ1) is 9.05. The van der Waals surface area contributed by atoms with Gasteiger partial charge in [0.1, 0.15) is 5.84 Å². The number of halogens is 3. The molecule has 1 aliphatic rings. The van der Waals surface area contributed by atoms with E-state index < -0.39 is 11.7 Å². The van der Waals surface area contributed by atoms with Gasteiger partial charge in [0.05, 0.1) is 11.3 Å². The lowest BCUT2D eigenvalue weighted by atomic mass is 10.1. The van der Waals surface area contributed by atoms with E-state index in [-0.39, 0.29) is 0 Å². The van der Waals surface area contributed by atoms with Crippen molar-refractivity contribution in [3.63, 3.8) is 0 Å². The lowest BCUT2D eigenvalue weighted by Crippen LogP contribution is -2.09. The first-order valence-corrected chi connectivity index (χ1v) is 4.00. The van der Waals surface area contributed by atoms with Gasteiger partial charge in [0.15, 0.2) is 0 Å². The molecule has 5 heteroatoms. The van der Waals surface area contributed by atoms with Gasteiger partial charge in [0.25, 0.3) is 0 Å². The summed E-state index contributed by atoms with van der Waals surface area (Å²) in [6, 6.07) is 3.49. The minimum Gasteiger partial charge on any atom is -0.387 e. The normalized spacial score (nSPS) is 15.2. The molecule has 2 nitrogen and oxygen atoms in total. The van der Waals surface area contributed by atoms with E-state index >= 15 is 0 Å². The summed E-state index contributed by atoms with van der Waals surface area (Å²) in [4.78, 5) is 3.82. The van der Waals surface area contributed by atoms with Crippen molar-refractivity contribution >= 4 is 11.5 Å². The minimum absolute atomic E-state index is 0.331. The molecule has 0 bridgehead atoms. The zero-order valence-electron chi connectivity index (χ0n) is 7.10. The van der Waals surface area contributed by atoms with Crippen molar-refractivity contribution in [2.45, 2.75) is 12.6 Å². The Morgan fingerprint density at radius 2 is 2.00 bits per heavy atom. The van der Waals surface area contributed by atoms with Gasteiger partial charge in [-0.25, -0.2) is 4.99 Å². The molecule has 0 radical (unpaired) electrons. The molecule has 1 aromatic carbocycles. The second kappa shape index (κ2) is 2.73. The van der Waals surface area contributed by atoms with Crippen molar-refractivity contribution in [1.82, 2.24) is 0 Å². The molecule has 0 atom stereocenters. The van der Waals surface area contributed by atoms with Crippen LogP contribution in [0, 0.1) is 0 Å². The second-order valence-electron chi connectivity index (χ2n) is 3.12. The second-order valence-corrected chi connectivity index (χ2v) is 3.12. The fourth-order valence-corrected chi connectivity index (χ4v) is 1.38. The van der Waals surface area contributed by atoms with Crippen LogP contribution in [0.4, 0.5) is 18.9 Å². The van der Waals surface area contributed by atoms with Gasteiger partial charge in [-0.1, -0.05) is 6.07 Å². The lowest BCUT2D eigenvalue weighted by molar-refractivity contribution is -0.137. The van der Waals surface area contributed by atoms with Crippen LogP contribution >= 0.6 is 0 Å². The third-order valence-corrected chi connectivity index (χ3v) is 2.05. The quantitative estimate of drug-likeness (QED) is 0.685. The summed E-state index contributed by atoms with van der Waals surface area (Å²) in [5.41, 5.74) is 5.80. The number of rotatable bonds is 0. The number of benzene rings is 1. The summed E-state index contributed by atoms with van der Waals surface area (Å²) in [6.45, 7) is 0. The Bertz CT molecular complexity index is 407. The van der Waals surface area contributed by atoms with Crippen LogP contribution in [0.3, 0.4) is 0 Å². The summed E-state index contributed by atoms with van der Waals surface area (Å²) in [5.74, 6) is 0.360. The Morgan fingerprint density at radius 3 is 2.64 bits per heavy atom. The Labute approximate surface area is 78.3 Å². The molecule has 14 heavy (non-hydrogen) atoms. The predicted molar refractivity (Wildman–Crippen MR) is 46.4 cm³/mol. The molecule has 0 unspecified atom stereocenters. The highest BCUT2D eigenvalue weighted by molar-refractivity contribution is 5.90. The average Bonchev–Trinajstić information content (AvgIpc) is 2.41. The average molecular weight is 200 g/mol. The van der Waals surface area contributed by atoms with Crippen LogP contribution in [0.2, 0.25) is 0 Å². The number of hydrogen-bond donors (Lipinski definition) is 1. The number of hydrogen-bond acceptors (Lipinski definition) is 2. The molecule has 1 aromatic rings. The van der Waals surface area contributed by atoms with Crippen LogP contribution < -0.4 is 5.73 Å². The molecule has 1 aliphatic heterocycles. The SMILES string of the molecule is NC1=Nc2cc(C(F)(F)F)ccc2C1. The van der Waals surface area contributed by atoms with Crippen molar-refractivity contribution in [1.29, 1.82) is 0 Å². The van der Waals surface area contributed by atoms with E-state index in [0.29, 0.717) is 17.9 Å². The van der Waals surface area contributed by atoms with Gasteiger partial charge in [-0.15, -0.1) is 0 Å². The van der Waals surface area contributed by atoms with Crippen molar-refractivity contribution in [3.8, 4) is 0 Å². The molecule has 2 N–H and O–H groups in total. The molecule has 0 aromatic heterocycles. The summed E-state index contributed by atoms with van der Waals surface area (Å²) in [7, 11) is 0. The number of alkyl halides is 3. The molecule has 0 amide bonds. The molecular weight excluding hydrogens is 193 g/mol. The highest BCUT2D eigenvalue weighted by Crippen LogP contribution is 2.34. The lowest BCUT2D eigenvalue weighted by Gasteiger charge is -2.07. The topological polar surface area (TPSA) is 38.4 Å². The summed E-state index contributed by atoms with van der Waals surface area (Å²) >= 11 is 0. The van der Waals surface area contributed by atoms with Crippen LogP contribution in [0.1, 0.15) is 11.1 Å². The molecule has 1 heterocycles. The van der Waals surface area contributed by atoms with Gasteiger partial charge in [-0.3, -0.25) is 0 Å². The predicted octanol–water partition coefficient (Wildman–Crippen LogP) is 2.25. The van der Waals surface area contributed by atoms with Crippen LogP contribution in [0.25, 0.3) is 0 Å². The number of nitrogens with two attached hydrogens (primary N) is 1. The number of fused-ring (bicyclic) bond motifs is 1. The van der Waals surface area contributed by atoms with E-state index in [0.717, 1.165) is 17.7 Å². The van der Waals surface area contributed by atoms with Crippen LogP contribution in [0.15, 0.2) is 23.2 Å². The minimum atomic E-state index is -4.32. The number of aliphatic imine (C=N–C) groups is 1. The third-order valence-electron chi connectivity index (χ3n) is 2.05. The van der Waals surface area contributed by atoms with Gasteiger partial charge < -0.3 is 5.73 Å². The standard InChI is InChI=1S/C9H7F3N2/c10-9(11,12)6-2-1-5-3-8(13)14-7(5)4-6/h1-2,4H,3H2,(H2,13,14). The highest BCUT2D eigenvalue weighted by atomic mass is 19.4. The summed E-state index contributed by atoms with van der Waals surface area (Å²) in [5, 5.41) is 0. The monoisotopic (exact) mass is 200 g/mol. The third kappa shape index (κ3) is 1.45. The van der Waals surface area contributed by atoms with E-state index in [1.54, 1.807) is 0 Å². The molecule has 74 valence electrons. The van der Waals surface area contributed by atoms with E-state index in [1.165, 1.54) is 6.07 Å². The summed E-state index contributed by atoms with van der Waals surface area (Å²) in [6.07, 6.45) is -3.88. The zero-order valence-corrected chi connectivity index (χ0v) is 7.10. The Hall–Kier alpha value is -1.52. The molecular formula is C9H7F3N2. The molecule has 0 spiro atoms. The first-order valence-electron chi connectivity index (χ1n) is 4.00. The molecule has 0 aliphatic carbocycles. The number of amidine groups is 1. The Balaban J connectivity index is 2.46. The zero-order chi connectivity index (χ0) is 10.3. The van der Waals surface area contributed by atoms with E-state index in [2.05, 4.69) is 4.99 Å². The van der Waals surface area contributed by atoms with Crippen molar-refractivity contribution in [3.05, 3.63) is 29.3 Å². The van der Waals surface area contributed by atoms with E-state index in [1.807, 2.05) is 0 Å². The molecule has 0 saturated heterocycles. The van der Waals surface area contributed by atoms with Crippen molar-refractivity contribution in [2.24, 2.45) is 10.7 Å². The summed E-state index contributed by atoms with van der Waals surface area (Å²) < 4.78 is 36.8. The fourth-order valence-electron chi connectivity index (χ4n) is 1.38. The molecule has 2 rings (SSSR count). The fraction of sp³-hybridized carbons (Fsp3) is 0.222. The smallest absolute Gasteiger partial charge is 0.387 e. The van der Waals surface area contributed by atoms with Gasteiger partial charge in [0, 0.05) is 6.42 Å². The van der Waals surface area contributed by atoms with Crippen LogP contribution in [-0.4, -0.2) is 5.84 Å². The Kier molecular flexibility index (Phi) is 1.77. The Morgan fingerprint density at radius 1 is 1.29 bits per heavy atom. The van der Waals surface area contributed by atoms with Gasteiger partial charge >= 0.3 is 6.18 Å². The van der Waals surface area contributed by atoms with Gasteiger partial charge in [-0.05, 0) is 17.7 Å². The van der Waals surface area contributed by atoms with Crippen LogP contribution in [-0.2, 0) is 12.6 Å². The van der Waals surface area contributed by atoms with E-state index in [9.17, 15) is 13.2 Å². The van der Waals surface area contributed by atoms with Gasteiger partial charge in [0.2, 0.25) is 0 Å². The highest BCUT2D eigenvalue weighted by Gasteiger charge is 2.31. The van der Waals surface area contributed by atoms with Crippen molar-refractivity contribution in [2.75, 3.05) is 0 Å².